The zero-order chi connectivity index (χ0) is 8.43. The van der Waals surface area contributed by atoms with Crippen LogP contribution in [0.2, 0.25) is 0 Å². The van der Waals surface area contributed by atoms with Crippen LogP contribution in [-0.4, -0.2) is 9.97 Å². The van der Waals surface area contributed by atoms with Gasteiger partial charge in [-0.15, -0.1) is 0 Å². The molecule has 0 aliphatic rings. The number of nitrogens with zero attached hydrogens (tertiary/aromatic N) is 2. The highest BCUT2D eigenvalue weighted by Crippen LogP contribution is 2.14. The Morgan fingerprint density at radius 2 is 1.91 bits per heavy atom. The molecular weight excluding hydrogens is 142 g/mol. The SMILES string of the molecule is Cc1nc(N)c(C)c(NN)n1. The second-order valence-corrected chi connectivity index (χ2v) is 2.27. The second-order valence-electron chi connectivity index (χ2n) is 2.27. The summed E-state index contributed by atoms with van der Waals surface area (Å²) in [6.07, 6.45) is 0. The first-order chi connectivity index (χ1) is 5.15. The van der Waals surface area contributed by atoms with Crippen molar-refractivity contribution < 1.29 is 0 Å². The Labute approximate surface area is 64.8 Å². The van der Waals surface area contributed by atoms with Gasteiger partial charge in [0, 0.05) is 5.56 Å². The molecule has 0 radical (unpaired) electrons. The third-order valence-electron chi connectivity index (χ3n) is 1.43. The Balaban J connectivity index is 3.24. The van der Waals surface area contributed by atoms with Crippen molar-refractivity contribution in [1.82, 2.24) is 9.97 Å². The number of hydrogen-bond donors (Lipinski definition) is 3. The third kappa shape index (κ3) is 1.38. The molecule has 0 saturated carbocycles. The summed E-state index contributed by atoms with van der Waals surface area (Å²) in [5.74, 6) is 6.85. The average molecular weight is 153 g/mol. The Morgan fingerprint density at radius 1 is 1.27 bits per heavy atom. The number of nitrogens with one attached hydrogen (secondary N) is 1. The average Bonchev–Trinajstić information content (AvgIpc) is 1.96. The first-order valence-electron chi connectivity index (χ1n) is 3.22. The molecule has 1 rings (SSSR count). The van der Waals surface area contributed by atoms with Gasteiger partial charge in [0.2, 0.25) is 0 Å². The molecule has 0 atom stereocenters. The van der Waals surface area contributed by atoms with Crippen LogP contribution in [0.5, 0.6) is 0 Å². The van der Waals surface area contributed by atoms with Crippen molar-refractivity contribution in [2.45, 2.75) is 13.8 Å². The lowest BCUT2D eigenvalue weighted by Gasteiger charge is -2.05. The van der Waals surface area contributed by atoms with E-state index in [4.69, 9.17) is 11.6 Å². The van der Waals surface area contributed by atoms with Gasteiger partial charge < -0.3 is 11.2 Å². The van der Waals surface area contributed by atoms with E-state index < -0.39 is 0 Å². The van der Waals surface area contributed by atoms with E-state index in [1.807, 2.05) is 6.92 Å². The van der Waals surface area contributed by atoms with Crippen LogP contribution >= 0.6 is 0 Å². The van der Waals surface area contributed by atoms with E-state index >= 15 is 0 Å². The molecule has 1 aromatic rings. The summed E-state index contributed by atoms with van der Waals surface area (Å²) >= 11 is 0. The number of aryl methyl sites for hydroxylation is 1. The topological polar surface area (TPSA) is 89.8 Å². The Morgan fingerprint density at radius 3 is 2.45 bits per heavy atom. The maximum Gasteiger partial charge on any atom is 0.148 e. The van der Waals surface area contributed by atoms with Crippen molar-refractivity contribution in [3.05, 3.63) is 11.4 Å². The standard InChI is InChI=1S/C6H11N5/c1-3-5(7)9-4(2)10-6(3)11-8/h8H2,1-2H3,(H3,7,9,10,11). The lowest BCUT2D eigenvalue weighted by molar-refractivity contribution is 1.03. The maximum atomic E-state index is 5.55. The van der Waals surface area contributed by atoms with Crippen LogP contribution in [0.3, 0.4) is 0 Å². The van der Waals surface area contributed by atoms with Gasteiger partial charge in [-0.05, 0) is 13.8 Å². The highest BCUT2D eigenvalue weighted by atomic mass is 15.3. The van der Waals surface area contributed by atoms with E-state index in [9.17, 15) is 0 Å². The maximum absolute atomic E-state index is 5.55. The van der Waals surface area contributed by atoms with Crippen molar-refractivity contribution in [2.24, 2.45) is 5.84 Å². The van der Waals surface area contributed by atoms with Gasteiger partial charge >= 0.3 is 0 Å². The molecule has 5 heteroatoms. The summed E-state index contributed by atoms with van der Waals surface area (Å²) in [6, 6.07) is 0. The number of aromatic nitrogens is 2. The molecule has 0 aromatic carbocycles. The van der Waals surface area contributed by atoms with Crippen molar-refractivity contribution in [1.29, 1.82) is 0 Å². The van der Waals surface area contributed by atoms with Gasteiger partial charge in [-0.1, -0.05) is 0 Å². The summed E-state index contributed by atoms with van der Waals surface area (Å²) in [5.41, 5.74) is 8.77. The van der Waals surface area contributed by atoms with Crippen LogP contribution in [0.15, 0.2) is 0 Å². The van der Waals surface area contributed by atoms with Crippen molar-refractivity contribution in [3.63, 3.8) is 0 Å². The zero-order valence-corrected chi connectivity index (χ0v) is 6.55. The summed E-state index contributed by atoms with van der Waals surface area (Å²) in [5, 5.41) is 0. The molecule has 1 heterocycles. The number of anilines is 2. The fraction of sp³-hybridized carbons (Fsp3) is 0.333. The summed E-state index contributed by atoms with van der Waals surface area (Å²) < 4.78 is 0. The Bertz CT molecular complexity index is 270. The van der Waals surface area contributed by atoms with Gasteiger partial charge in [0.15, 0.2) is 0 Å². The molecule has 0 unspecified atom stereocenters. The van der Waals surface area contributed by atoms with E-state index in [0.29, 0.717) is 17.5 Å². The number of nitrogens with two attached hydrogens (primary N) is 2. The fourth-order valence-corrected chi connectivity index (χ4v) is 0.791. The van der Waals surface area contributed by atoms with Crippen LogP contribution in [0, 0.1) is 13.8 Å². The highest BCUT2D eigenvalue weighted by Gasteiger charge is 2.03. The van der Waals surface area contributed by atoms with Crippen LogP contribution in [0.25, 0.3) is 0 Å². The van der Waals surface area contributed by atoms with Gasteiger partial charge in [-0.3, -0.25) is 0 Å². The molecule has 0 aliphatic carbocycles. The number of rotatable bonds is 1. The van der Waals surface area contributed by atoms with Crippen LogP contribution < -0.4 is 17.0 Å². The van der Waals surface area contributed by atoms with Crippen LogP contribution in [-0.2, 0) is 0 Å². The van der Waals surface area contributed by atoms with E-state index in [1.165, 1.54) is 0 Å². The minimum Gasteiger partial charge on any atom is -0.383 e. The molecule has 0 bridgehead atoms. The quantitative estimate of drug-likeness (QED) is 0.389. The normalized spacial score (nSPS) is 9.73. The second kappa shape index (κ2) is 2.71. The molecule has 0 saturated heterocycles. The van der Waals surface area contributed by atoms with Gasteiger partial charge in [-0.2, -0.15) is 0 Å². The van der Waals surface area contributed by atoms with Gasteiger partial charge in [-0.25, -0.2) is 15.8 Å². The molecule has 0 aliphatic heterocycles. The summed E-state index contributed by atoms with van der Waals surface area (Å²) in [6.45, 7) is 3.57. The van der Waals surface area contributed by atoms with Gasteiger partial charge in [0.05, 0.1) is 0 Å². The Hall–Kier alpha value is -1.36. The molecule has 60 valence electrons. The minimum absolute atomic E-state index is 0.463. The van der Waals surface area contributed by atoms with E-state index in [-0.39, 0.29) is 0 Å². The molecule has 0 amide bonds. The monoisotopic (exact) mass is 153 g/mol. The zero-order valence-electron chi connectivity index (χ0n) is 6.55. The summed E-state index contributed by atoms with van der Waals surface area (Å²) in [7, 11) is 0. The minimum atomic E-state index is 0.463. The number of hydrogen-bond acceptors (Lipinski definition) is 5. The van der Waals surface area contributed by atoms with Crippen molar-refractivity contribution in [2.75, 3.05) is 11.2 Å². The molecule has 0 spiro atoms. The fourth-order valence-electron chi connectivity index (χ4n) is 0.791. The predicted molar refractivity (Wildman–Crippen MR) is 43.7 cm³/mol. The third-order valence-corrected chi connectivity index (χ3v) is 1.43. The lowest BCUT2D eigenvalue weighted by Crippen LogP contribution is -2.13. The van der Waals surface area contributed by atoms with Crippen LogP contribution in [0.4, 0.5) is 11.6 Å². The van der Waals surface area contributed by atoms with Crippen molar-refractivity contribution >= 4 is 11.6 Å². The molecule has 1 aromatic heterocycles. The Kier molecular flexibility index (Phi) is 1.91. The smallest absolute Gasteiger partial charge is 0.148 e. The first-order valence-corrected chi connectivity index (χ1v) is 3.22. The molecular formula is C6H11N5. The largest absolute Gasteiger partial charge is 0.383 e. The lowest BCUT2D eigenvalue weighted by atomic mass is 10.3. The van der Waals surface area contributed by atoms with Crippen molar-refractivity contribution in [3.8, 4) is 0 Å². The predicted octanol–water partition coefficient (Wildman–Crippen LogP) is -0.0388. The first kappa shape index (κ1) is 7.74. The molecule has 5 N–H and O–H groups in total. The van der Waals surface area contributed by atoms with Crippen LogP contribution in [0.1, 0.15) is 11.4 Å². The van der Waals surface area contributed by atoms with Gasteiger partial charge in [0.25, 0.3) is 0 Å². The molecule has 5 nitrogen and oxygen atoms in total. The molecule has 0 fully saturated rings. The number of hydrazine groups is 1. The van der Waals surface area contributed by atoms with E-state index in [0.717, 1.165) is 5.56 Å². The molecule has 11 heavy (non-hydrogen) atoms. The van der Waals surface area contributed by atoms with E-state index in [2.05, 4.69) is 15.4 Å². The number of nitrogen functional groups attached to an aromatic ring is 2. The summed E-state index contributed by atoms with van der Waals surface area (Å²) in [4.78, 5) is 7.98. The van der Waals surface area contributed by atoms with Gasteiger partial charge in [0.1, 0.15) is 17.5 Å². The highest BCUT2D eigenvalue weighted by molar-refractivity contribution is 5.53. The van der Waals surface area contributed by atoms with E-state index in [1.54, 1.807) is 6.92 Å².